The maximum Gasteiger partial charge on any atom is 0.335 e. The molecule has 1 aliphatic heterocycles. The Morgan fingerprint density at radius 3 is 2.55 bits per heavy atom. The summed E-state index contributed by atoms with van der Waals surface area (Å²) in [6.45, 7) is 1.20. The van der Waals surface area contributed by atoms with Crippen molar-refractivity contribution in [1.82, 2.24) is 4.90 Å². The molecule has 0 bridgehead atoms. The minimum absolute atomic E-state index is 0.0258. The standard InChI is InChI=1S/C15H17NO4/c17-14(10-4-6-11(7-5-10)15(18)19)16-8-9-20-13-3-1-2-12(13)16/h4-7,12-13H,1-3,8-9H2,(H,18,19)/t12-,13+/m1/s1. The van der Waals surface area contributed by atoms with Crippen molar-refractivity contribution in [3.8, 4) is 0 Å². The molecule has 20 heavy (non-hydrogen) atoms. The topological polar surface area (TPSA) is 66.8 Å². The van der Waals surface area contributed by atoms with E-state index in [0.717, 1.165) is 19.3 Å². The van der Waals surface area contributed by atoms with E-state index in [1.165, 1.54) is 12.1 Å². The lowest BCUT2D eigenvalue weighted by Crippen LogP contribution is -2.51. The molecule has 1 saturated heterocycles. The first-order chi connectivity index (χ1) is 9.66. The van der Waals surface area contributed by atoms with Gasteiger partial charge in [0.1, 0.15) is 0 Å². The SMILES string of the molecule is O=C(O)c1ccc(C(=O)N2CCO[C@H]3CCC[C@H]32)cc1. The number of rotatable bonds is 2. The highest BCUT2D eigenvalue weighted by molar-refractivity contribution is 5.96. The van der Waals surface area contributed by atoms with Crippen molar-refractivity contribution >= 4 is 11.9 Å². The molecule has 0 spiro atoms. The zero-order chi connectivity index (χ0) is 14.1. The summed E-state index contributed by atoms with van der Waals surface area (Å²) < 4.78 is 5.70. The van der Waals surface area contributed by atoms with E-state index >= 15 is 0 Å². The van der Waals surface area contributed by atoms with E-state index in [-0.39, 0.29) is 23.6 Å². The van der Waals surface area contributed by atoms with Gasteiger partial charge in [-0.05, 0) is 43.5 Å². The first-order valence-electron chi connectivity index (χ1n) is 6.93. The first-order valence-corrected chi connectivity index (χ1v) is 6.93. The fraction of sp³-hybridized carbons (Fsp3) is 0.467. The summed E-state index contributed by atoms with van der Waals surface area (Å²) >= 11 is 0. The third-order valence-electron chi connectivity index (χ3n) is 4.12. The summed E-state index contributed by atoms with van der Waals surface area (Å²) in [5, 5.41) is 8.87. The molecule has 1 aromatic carbocycles. The van der Waals surface area contributed by atoms with Crippen LogP contribution < -0.4 is 0 Å². The molecule has 5 heteroatoms. The second-order valence-corrected chi connectivity index (χ2v) is 5.29. The average molecular weight is 275 g/mol. The average Bonchev–Trinajstić information content (AvgIpc) is 2.95. The zero-order valence-electron chi connectivity index (χ0n) is 11.1. The lowest BCUT2D eigenvalue weighted by Gasteiger charge is -2.37. The Labute approximate surface area is 117 Å². The van der Waals surface area contributed by atoms with Crippen molar-refractivity contribution in [3.05, 3.63) is 35.4 Å². The van der Waals surface area contributed by atoms with Gasteiger partial charge in [-0.25, -0.2) is 4.79 Å². The normalized spacial score (nSPS) is 25.3. The number of benzene rings is 1. The van der Waals surface area contributed by atoms with Crippen LogP contribution in [0, 0.1) is 0 Å². The number of fused-ring (bicyclic) bond motifs is 1. The van der Waals surface area contributed by atoms with Gasteiger partial charge in [-0.1, -0.05) is 0 Å². The second kappa shape index (κ2) is 5.25. The molecule has 1 aliphatic carbocycles. The van der Waals surface area contributed by atoms with Crippen molar-refractivity contribution in [2.45, 2.75) is 31.4 Å². The van der Waals surface area contributed by atoms with Crippen LogP contribution in [0.1, 0.15) is 40.0 Å². The van der Waals surface area contributed by atoms with Gasteiger partial charge in [0, 0.05) is 12.1 Å². The van der Waals surface area contributed by atoms with Gasteiger partial charge < -0.3 is 14.7 Å². The first kappa shape index (κ1) is 13.1. The predicted octanol–water partition coefficient (Wildman–Crippen LogP) is 1.78. The number of morpholine rings is 1. The highest BCUT2D eigenvalue weighted by Gasteiger charge is 2.38. The van der Waals surface area contributed by atoms with E-state index in [0.29, 0.717) is 18.7 Å². The summed E-state index contributed by atoms with van der Waals surface area (Å²) in [4.78, 5) is 25.3. The monoisotopic (exact) mass is 275 g/mol. The number of ether oxygens (including phenoxy) is 1. The number of nitrogens with zero attached hydrogens (tertiary/aromatic N) is 1. The van der Waals surface area contributed by atoms with Gasteiger partial charge in [-0.15, -0.1) is 0 Å². The number of carbonyl (C=O) groups is 2. The van der Waals surface area contributed by atoms with Gasteiger partial charge in [0.15, 0.2) is 0 Å². The van der Waals surface area contributed by atoms with Crippen molar-refractivity contribution in [2.24, 2.45) is 0 Å². The van der Waals surface area contributed by atoms with Gasteiger partial charge in [0.05, 0.1) is 24.3 Å². The van der Waals surface area contributed by atoms with Gasteiger partial charge in [0.2, 0.25) is 0 Å². The summed E-state index contributed by atoms with van der Waals surface area (Å²) in [5.41, 5.74) is 0.741. The van der Waals surface area contributed by atoms with Crippen LogP contribution >= 0.6 is 0 Å². The molecule has 0 radical (unpaired) electrons. The van der Waals surface area contributed by atoms with Crippen molar-refractivity contribution in [2.75, 3.05) is 13.2 Å². The Morgan fingerprint density at radius 1 is 1.15 bits per heavy atom. The molecule has 1 saturated carbocycles. The van der Waals surface area contributed by atoms with E-state index < -0.39 is 5.97 Å². The fourth-order valence-electron chi connectivity index (χ4n) is 3.10. The molecule has 1 N–H and O–H groups in total. The molecular formula is C15H17NO4. The summed E-state index contributed by atoms with van der Waals surface area (Å²) in [5.74, 6) is -1.01. The van der Waals surface area contributed by atoms with Gasteiger partial charge in [0.25, 0.3) is 5.91 Å². The Morgan fingerprint density at radius 2 is 1.85 bits per heavy atom. The number of carboxylic acids is 1. The molecule has 5 nitrogen and oxygen atoms in total. The predicted molar refractivity (Wildman–Crippen MR) is 71.8 cm³/mol. The number of carbonyl (C=O) groups excluding carboxylic acids is 1. The fourth-order valence-corrected chi connectivity index (χ4v) is 3.10. The van der Waals surface area contributed by atoms with E-state index in [2.05, 4.69) is 0 Å². The summed E-state index contributed by atoms with van der Waals surface area (Å²) in [7, 11) is 0. The highest BCUT2D eigenvalue weighted by Crippen LogP contribution is 2.30. The smallest absolute Gasteiger partial charge is 0.335 e. The van der Waals surface area contributed by atoms with Crippen LogP contribution in [0.2, 0.25) is 0 Å². The molecule has 1 heterocycles. The summed E-state index contributed by atoms with van der Waals surface area (Å²) in [6, 6.07) is 6.30. The van der Waals surface area contributed by atoms with E-state index in [1.807, 2.05) is 4.90 Å². The van der Waals surface area contributed by atoms with E-state index in [1.54, 1.807) is 12.1 Å². The number of hydrogen-bond donors (Lipinski definition) is 1. The maximum absolute atomic E-state index is 12.5. The van der Waals surface area contributed by atoms with Crippen molar-refractivity contribution in [1.29, 1.82) is 0 Å². The van der Waals surface area contributed by atoms with Gasteiger partial charge in [-0.2, -0.15) is 0 Å². The maximum atomic E-state index is 12.5. The number of hydrogen-bond acceptors (Lipinski definition) is 3. The molecule has 1 amide bonds. The van der Waals surface area contributed by atoms with Crippen LogP contribution in [0.5, 0.6) is 0 Å². The number of aromatic carboxylic acids is 1. The molecule has 1 aromatic rings. The van der Waals surface area contributed by atoms with Crippen LogP contribution in [0.25, 0.3) is 0 Å². The van der Waals surface area contributed by atoms with E-state index in [4.69, 9.17) is 9.84 Å². The third-order valence-corrected chi connectivity index (χ3v) is 4.12. The Kier molecular flexibility index (Phi) is 3.44. The molecule has 2 aliphatic rings. The molecule has 2 fully saturated rings. The third kappa shape index (κ3) is 2.29. The number of amides is 1. The van der Waals surface area contributed by atoms with Gasteiger partial charge in [-0.3, -0.25) is 4.79 Å². The largest absolute Gasteiger partial charge is 0.478 e. The lowest BCUT2D eigenvalue weighted by molar-refractivity contribution is -0.0445. The number of carboxylic acid groups (broad SMARTS) is 1. The van der Waals surface area contributed by atoms with Gasteiger partial charge >= 0.3 is 5.97 Å². The Balaban J connectivity index is 1.79. The summed E-state index contributed by atoms with van der Waals surface area (Å²) in [6.07, 6.45) is 3.28. The second-order valence-electron chi connectivity index (χ2n) is 5.29. The van der Waals surface area contributed by atoms with Crippen LogP contribution in [0.4, 0.5) is 0 Å². The minimum Gasteiger partial charge on any atom is -0.478 e. The van der Waals surface area contributed by atoms with Crippen LogP contribution in [0.3, 0.4) is 0 Å². The van der Waals surface area contributed by atoms with Crippen LogP contribution in [0.15, 0.2) is 24.3 Å². The minimum atomic E-state index is -0.980. The molecule has 2 atom stereocenters. The van der Waals surface area contributed by atoms with Crippen molar-refractivity contribution in [3.63, 3.8) is 0 Å². The quantitative estimate of drug-likeness (QED) is 0.893. The molecule has 106 valence electrons. The molecule has 3 rings (SSSR count). The van der Waals surface area contributed by atoms with E-state index in [9.17, 15) is 9.59 Å². The highest BCUT2D eigenvalue weighted by atomic mass is 16.5. The van der Waals surface area contributed by atoms with Crippen LogP contribution in [-0.4, -0.2) is 47.2 Å². The van der Waals surface area contributed by atoms with Crippen LogP contribution in [-0.2, 0) is 4.74 Å². The molecular weight excluding hydrogens is 258 g/mol. The molecule has 0 unspecified atom stereocenters. The zero-order valence-corrected chi connectivity index (χ0v) is 11.1. The Bertz CT molecular complexity index is 525. The van der Waals surface area contributed by atoms with Crippen molar-refractivity contribution < 1.29 is 19.4 Å². The Hall–Kier alpha value is -1.88. The lowest BCUT2D eigenvalue weighted by atomic mass is 10.1. The molecule has 0 aromatic heterocycles.